The van der Waals surface area contributed by atoms with E-state index in [-0.39, 0.29) is 5.91 Å². The fourth-order valence-electron chi connectivity index (χ4n) is 4.56. The predicted molar refractivity (Wildman–Crippen MR) is 144 cm³/mol. The molecule has 0 aliphatic carbocycles. The molecular weight excluding hydrogens is 450 g/mol. The van der Waals surface area contributed by atoms with E-state index in [0.717, 1.165) is 35.5 Å². The number of nitrogens with one attached hydrogen (secondary N) is 1. The molecule has 2 aliphatic rings. The van der Waals surface area contributed by atoms with Crippen LogP contribution in [0.15, 0.2) is 35.2 Å². The summed E-state index contributed by atoms with van der Waals surface area (Å²) in [5.74, 6) is 0.667. The van der Waals surface area contributed by atoms with Gasteiger partial charge in [0.15, 0.2) is 0 Å². The van der Waals surface area contributed by atoms with Crippen molar-refractivity contribution in [1.82, 2.24) is 5.32 Å². The number of ether oxygens (including phenoxy) is 1. The van der Waals surface area contributed by atoms with Gasteiger partial charge in [-0.05, 0) is 81.7 Å². The topological polar surface area (TPSA) is 44.8 Å². The summed E-state index contributed by atoms with van der Waals surface area (Å²) in [6.07, 6.45) is 1.89. The first-order valence-electron chi connectivity index (χ1n) is 11.3. The Morgan fingerprint density at radius 3 is 2.21 bits per heavy atom. The summed E-state index contributed by atoms with van der Waals surface area (Å²) < 4.78 is 6.24. The summed E-state index contributed by atoms with van der Waals surface area (Å²) in [4.78, 5) is 17.7. The molecule has 2 aliphatic heterocycles. The molecule has 0 aromatic heterocycles. The maximum atomic E-state index is 12.1. The van der Waals surface area contributed by atoms with E-state index in [9.17, 15) is 4.79 Å². The summed E-state index contributed by atoms with van der Waals surface area (Å²) >= 11 is 6.42. The van der Waals surface area contributed by atoms with Crippen molar-refractivity contribution >= 4 is 51.7 Å². The predicted octanol–water partition coefficient (Wildman–Crippen LogP) is 5.60. The minimum absolute atomic E-state index is 0.145. The fraction of sp³-hybridized carbons (Fsp3) is 0.385. The van der Waals surface area contributed by atoms with Crippen LogP contribution < -0.4 is 19.9 Å². The van der Waals surface area contributed by atoms with Crippen LogP contribution in [0.2, 0.25) is 0 Å². The lowest BCUT2D eigenvalue weighted by Crippen LogP contribution is -2.46. The standard InChI is InChI=1S/C26H31N3O2S2/c1-15(2)28-9-10-29(16(3)4)22-14-19(17(5)11-21(22)28)20-12-18(7-8-23(20)31-6)13-24-25(30)27-26(32)33-24/h7-8,11-16H,9-10H2,1-6H3,(H,27,30,32)/b24-13-. The number of amides is 1. The average molecular weight is 482 g/mol. The number of rotatable bonds is 5. The molecule has 1 N–H and O–H groups in total. The van der Waals surface area contributed by atoms with Gasteiger partial charge >= 0.3 is 0 Å². The molecule has 0 unspecified atom stereocenters. The van der Waals surface area contributed by atoms with Crippen molar-refractivity contribution in [3.8, 4) is 16.9 Å². The van der Waals surface area contributed by atoms with E-state index in [1.807, 2.05) is 18.2 Å². The van der Waals surface area contributed by atoms with Crippen LogP contribution in [0.3, 0.4) is 0 Å². The fourth-order valence-corrected chi connectivity index (χ4v) is 5.60. The molecule has 2 aromatic carbocycles. The first kappa shape index (κ1) is 23.6. The lowest BCUT2D eigenvalue weighted by Gasteiger charge is -2.43. The number of thioether (sulfide) groups is 1. The number of aryl methyl sites for hydroxylation is 1. The highest BCUT2D eigenvalue weighted by molar-refractivity contribution is 8.26. The van der Waals surface area contributed by atoms with Crippen molar-refractivity contribution in [3.63, 3.8) is 0 Å². The minimum Gasteiger partial charge on any atom is -0.496 e. The van der Waals surface area contributed by atoms with Crippen molar-refractivity contribution < 1.29 is 9.53 Å². The summed E-state index contributed by atoms with van der Waals surface area (Å²) in [5, 5.41) is 2.68. The molecule has 33 heavy (non-hydrogen) atoms. The molecule has 1 saturated heterocycles. The van der Waals surface area contributed by atoms with Crippen molar-refractivity contribution in [3.05, 3.63) is 46.4 Å². The maximum absolute atomic E-state index is 12.1. The number of hydrogen-bond donors (Lipinski definition) is 1. The molecule has 7 heteroatoms. The Balaban J connectivity index is 1.85. The van der Waals surface area contributed by atoms with Gasteiger partial charge in [0.1, 0.15) is 10.1 Å². The molecular formula is C26H31N3O2S2. The van der Waals surface area contributed by atoms with E-state index < -0.39 is 0 Å². The van der Waals surface area contributed by atoms with E-state index in [1.165, 1.54) is 28.7 Å². The van der Waals surface area contributed by atoms with Crippen LogP contribution in [0.1, 0.15) is 38.8 Å². The van der Waals surface area contributed by atoms with Crippen LogP contribution >= 0.6 is 24.0 Å². The van der Waals surface area contributed by atoms with E-state index in [4.69, 9.17) is 17.0 Å². The van der Waals surface area contributed by atoms with Gasteiger partial charge in [0.05, 0.1) is 23.4 Å². The average Bonchev–Trinajstić information content (AvgIpc) is 3.08. The largest absolute Gasteiger partial charge is 0.496 e. The number of nitrogens with zero attached hydrogens (tertiary/aromatic N) is 2. The number of thiocarbonyl (C=S) groups is 1. The first-order chi connectivity index (χ1) is 15.7. The van der Waals surface area contributed by atoms with Gasteiger partial charge in [0.2, 0.25) is 0 Å². The molecule has 2 aromatic rings. The summed E-state index contributed by atoms with van der Waals surface area (Å²) in [6.45, 7) is 13.2. The van der Waals surface area contributed by atoms with Crippen molar-refractivity contribution in [2.45, 2.75) is 46.7 Å². The number of carbonyl (C=O) groups is 1. The quantitative estimate of drug-likeness (QED) is 0.443. The number of anilines is 2. The molecule has 0 bridgehead atoms. The normalized spacial score (nSPS) is 17.3. The van der Waals surface area contributed by atoms with E-state index in [2.05, 4.69) is 67.9 Å². The zero-order valence-corrected chi connectivity index (χ0v) is 21.7. The molecule has 0 atom stereocenters. The van der Waals surface area contributed by atoms with Gasteiger partial charge in [-0.15, -0.1) is 0 Å². The Morgan fingerprint density at radius 2 is 1.67 bits per heavy atom. The van der Waals surface area contributed by atoms with E-state index in [0.29, 0.717) is 21.3 Å². The molecule has 0 radical (unpaired) electrons. The number of methoxy groups -OCH3 is 1. The summed E-state index contributed by atoms with van der Waals surface area (Å²) in [6, 6.07) is 11.5. The Morgan fingerprint density at radius 1 is 1.03 bits per heavy atom. The Hall–Kier alpha value is -2.51. The third-order valence-electron chi connectivity index (χ3n) is 6.22. The highest BCUT2D eigenvalue weighted by Gasteiger charge is 2.28. The van der Waals surface area contributed by atoms with Gasteiger partial charge in [-0.3, -0.25) is 4.79 Å². The Kier molecular flexibility index (Phi) is 6.73. The minimum atomic E-state index is -0.145. The molecule has 4 rings (SSSR count). The van der Waals surface area contributed by atoms with Crippen LogP contribution in [-0.4, -0.2) is 42.5 Å². The smallest absolute Gasteiger partial charge is 0.263 e. The summed E-state index contributed by atoms with van der Waals surface area (Å²) in [7, 11) is 1.70. The van der Waals surface area contributed by atoms with Crippen LogP contribution in [0, 0.1) is 6.92 Å². The van der Waals surface area contributed by atoms with Crippen LogP contribution in [-0.2, 0) is 4.79 Å². The van der Waals surface area contributed by atoms with Gasteiger partial charge in [-0.2, -0.15) is 0 Å². The van der Waals surface area contributed by atoms with E-state index >= 15 is 0 Å². The zero-order valence-electron chi connectivity index (χ0n) is 20.1. The van der Waals surface area contributed by atoms with Gasteiger partial charge in [0.25, 0.3) is 5.91 Å². The Bertz CT molecular complexity index is 1140. The number of benzene rings is 2. The highest BCUT2D eigenvalue weighted by atomic mass is 32.2. The van der Waals surface area contributed by atoms with Crippen molar-refractivity contribution in [1.29, 1.82) is 0 Å². The van der Waals surface area contributed by atoms with Crippen LogP contribution in [0.25, 0.3) is 17.2 Å². The van der Waals surface area contributed by atoms with Crippen LogP contribution in [0.4, 0.5) is 11.4 Å². The van der Waals surface area contributed by atoms with Crippen molar-refractivity contribution in [2.24, 2.45) is 0 Å². The monoisotopic (exact) mass is 481 g/mol. The number of carbonyl (C=O) groups excluding carboxylic acids is 1. The van der Waals surface area contributed by atoms with Crippen LogP contribution in [0.5, 0.6) is 5.75 Å². The van der Waals surface area contributed by atoms with Gasteiger partial charge in [0, 0.05) is 30.7 Å². The molecule has 0 spiro atoms. The lowest BCUT2D eigenvalue weighted by molar-refractivity contribution is -0.115. The Labute approximate surface area is 206 Å². The lowest BCUT2D eigenvalue weighted by atomic mass is 9.94. The number of hydrogen-bond acceptors (Lipinski definition) is 6. The second-order valence-corrected chi connectivity index (χ2v) is 10.8. The molecule has 174 valence electrons. The third-order valence-corrected chi connectivity index (χ3v) is 7.39. The van der Waals surface area contributed by atoms with Gasteiger partial charge in [-0.25, -0.2) is 0 Å². The van der Waals surface area contributed by atoms with Crippen molar-refractivity contribution in [2.75, 3.05) is 30.0 Å². The van der Waals surface area contributed by atoms with Gasteiger partial charge < -0.3 is 19.9 Å². The first-order valence-corrected chi connectivity index (χ1v) is 12.5. The molecule has 5 nitrogen and oxygen atoms in total. The molecule has 1 fully saturated rings. The second kappa shape index (κ2) is 9.39. The zero-order chi connectivity index (χ0) is 23.9. The number of fused-ring (bicyclic) bond motifs is 1. The SMILES string of the molecule is COc1ccc(/C=C2\SC(=S)NC2=O)cc1-c1cc2c(cc1C)N(C(C)C)CCN2C(C)C. The molecule has 0 saturated carbocycles. The molecule has 2 heterocycles. The van der Waals surface area contributed by atoms with E-state index in [1.54, 1.807) is 7.11 Å². The molecule has 1 amide bonds. The second-order valence-electron chi connectivity index (χ2n) is 9.04. The van der Waals surface area contributed by atoms with Gasteiger partial charge in [-0.1, -0.05) is 30.0 Å². The maximum Gasteiger partial charge on any atom is 0.263 e. The third kappa shape index (κ3) is 4.62. The highest BCUT2D eigenvalue weighted by Crippen LogP contribution is 2.43. The summed E-state index contributed by atoms with van der Waals surface area (Å²) in [5.41, 5.74) is 6.84.